The molecule has 2 rings (SSSR count). The molecule has 0 fully saturated rings. The largest absolute Gasteiger partial charge is 0.368 e. The Bertz CT molecular complexity index is 584. The molecule has 0 spiro atoms. The Kier molecular flexibility index (Phi) is 3.83. The summed E-state index contributed by atoms with van der Waals surface area (Å²) in [6, 6.07) is 2.04. The van der Waals surface area contributed by atoms with Crippen LogP contribution in [0.5, 0.6) is 0 Å². The summed E-state index contributed by atoms with van der Waals surface area (Å²) in [6.45, 7) is 7.16. The average Bonchev–Trinajstić information content (AvgIpc) is 2.75. The van der Waals surface area contributed by atoms with E-state index in [1.165, 1.54) is 0 Å². The van der Waals surface area contributed by atoms with Crippen molar-refractivity contribution >= 4 is 27.4 Å². The Balaban J connectivity index is 1.94. The van der Waals surface area contributed by atoms with E-state index in [1.807, 2.05) is 11.4 Å². The van der Waals surface area contributed by atoms with Crippen molar-refractivity contribution < 1.29 is 0 Å². The maximum Gasteiger partial charge on any atom is 0.138 e. The van der Waals surface area contributed by atoms with Crippen molar-refractivity contribution in [2.75, 3.05) is 11.9 Å². The van der Waals surface area contributed by atoms with Gasteiger partial charge in [0.25, 0.3) is 0 Å². The highest BCUT2D eigenvalue weighted by atomic mass is 32.1. The lowest BCUT2D eigenvalue weighted by Crippen LogP contribution is -2.04. The van der Waals surface area contributed by atoms with Crippen LogP contribution in [0.15, 0.2) is 17.8 Å². The van der Waals surface area contributed by atoms with Crippen molar-refractivity contribution in [2.45, 2.75) is 27.2 Å². The Hall–Kier alpha value is -1.60. The van der Waals surface area contributed by atoms with Crippen molar-refractivity contribution in [3.8, 4) is 11.8 Å². The quantitative estimate of drug-likeness (QED) is 0.676. The van der Waals surface area contributed by atoms with E-state index in [4.69, 9.17) is 0 Å². The average molecular weight is 259 g/mol. The molecule has 2 aromatic rings. The number of aromatic nitrogens is 2. The molecule has 1 N–H and O–H groups in total. The SMILES string of the molecule is CC(C)(C)C#CCCNc1ncnc2sccc12. The van der Waals surface area contributed by atoms with Gasteiger partial charge in [-0.2, -0.15) is 0 Å². The van der Waals surface area contributed by atoms with E-state index in [9.17, 15) is 0 Å². The van der Waals surface area contributed by atoms with Gasteiger partial charge in [0.05, 0.1) is 5.39 Å². The first-order valence-corrected chi connectivity index (χ1v) is 6.86. The molecule has 3 nitrogen and oxygen atoms in total. The second-order valence-corrected chi connectivity index (χ2v) is 5.98. The predicted octanol–water partition coefficient (Wildman–Crippen LogP) is 3.54. The fourth-order valence-electron chi connectivity index (χ4n) is 1.50. The Morgan fingerprint density at radius 1 is 1.33 bits per heavy atom. The Morgan fingerprint density at radius 3 is 2.94 bits per heavy atom. The Labute approximate surface area is 112 Å². The number of fused-ring (bicyclic) bond motifs is 1. The van der Waals surface area contributed by atoms with E-state index in [0.29, 0.717) is 0 Å². The third-order valence-electron chi connectivity index (χ3n) is 2.27. The summed E-state index contributed by atoms with van der Waals surface area (Å²) in [7, 11) is 0. The highest BCUT2D eigenvalue weighted by molar-refractivity contribution is 7.16. The minimum absolute atomic E-state index is 0.0789. The Morgan fingerprint density at radius 2 is 2.17 bits per heavy atom. The van der Waals surface area contributed by atoms with E-state index in [0.717, 1.165) is 29.0 Å². The molecular formula is C14H17N3S. The number of rotatable bonds is 3. The fraction of sp³-hybridized carbons (Fsp3) is 0.429. The minimum Gasteiger partial charge on any atom is -0.368 e. The summed E-state index contributed by atoms with van der Waals surface area (Å²) in [5.74, 6) is 7.31. The zero-order valence-electron chi connectivity index (χ0n) is 10.9. The van der Waals surface area contributed by atoms with E-state index in [2.05, 4.69) is 47.9 Å². The van der Waals surface area contributed by atoms with Gasteiger partial charge in [0.2, 0.25) is 0 Å². The number of hydrogen-bond donors (Lipinski definition) is 1. The van der Waals surface area contributed by atoms with E-state index in [-0.39, 0.29) is 5.41 Å². The molecule has 94 valence electrons. The smallest absolute Gasteiger partial charge is 0.138 e. The summed E-state index contributed by atoms with van der Waals surface area (Å²) < 4.78 is 0. The molecule has 4 heteroatoms. The van der Waals surface area contributed by atoms with Crippen LogP contribution in [0.1, 0.15) is 27.2 Å². The van der Waals surface area contributed by atoms with Crippen LogP contribution < -0.4 is 5.32 Å². The van der Waals surface area contributed by atoms with Crippen molar-refractivity contribution in [3.63, 3.8) is 0 Å². The molecule has 0 aromatic carbocycles. The van der Waals surface area contributed by atoms with E-state index >= 15 is 0 Å². The number of anilines is 1. The van der Waals surface area contributed by atoms with Crippen molar-refractivity contribution in [1.82, 2.24) is 9.97 Å². The maximum atomic E-state index is 4.26. The van der Waals surface area contributed by atoms with Crippen LogP contribution in [0.4, 0.5) is 5.82 Å². The first-order valence-electron chi connectivity index (χ1n) is 5.98. The van der Waals surface area contributed by atoms with E-state index in [1.54, 1.807) is 17.7 Å². The molecule has 0 aliphatic rings. The molecule has 2 heterocycles. The van der Waals surface area contributed by atoms with Gasteiger partial charge in [0.1, 0.15) is 17.0 Å². The van der Waals surface area contributed by atoms with Crippen LogP contribution in [-0.2, 0) is 0 Å². The molecule has 2 aromatic heterocycles. The number of nitrogens with one attached hydrogen (secondary N) is 1. The van der Waals surface area contributed by atoms with Gasteiger partial charge < -0.3 is 5.32 Å². The summed E-state index contributed by atoms with van der Waals surface area (Å²) in [5.41, 5.74) is 0.0789. The zero-order valence-corrected chi connectivity index (χ0v) is 11.8. The highest BCUT2D eigenvalue weighted by Gasteiger charge is 2.04. The third-order valence-corrected chi connectivity index (χ3v) is 3.09. The zero-order chi connectivity index (χ0) is 13.0. The topological polar surface area (TPSA) is 37.8 Å². The summed E-state index contributed by atoms with van der Waals surface area (Å²) in [6.07, 6.45) is 2.43. The first kappa shape index (κ1) is 12.8. The molecule has 0 amide bonds. The van der Waals surface area contributed by atoms with Crippen molar-refractivity contribution in [2.24, 2.45) is 5.41 Å². The maximum absolute atomic E-state index is 4.26. The highest BCUT2D eigenvalue weighted by Crippen LogP contribution is 2.23. The predicted molar refractivity (Wildman–Crippen MR) is 77.8 cm³/mol. The first-order chi connectivity index (χ1) is 8.56. The third kappa shape index (κ3) is 3.44. The molecule has 0 aliphatic carbocycles. The molecule has 0 unspecified atom stereocenters. The molecule has 0 atom stereocenters. The van der Waals surface area contributed by atoms with Gasteiger partial charge in [-0.05, 0) is 32.2 Å². The second kappa shape index (κ2) is 5.36. The molecule has 0 radical (unpaired) electrons. The van der Waals surface area contributed by atoms with E-state index < -0.39 is 0 Å². The molecule has 0 saturated heterocycles. The molecule has 0 aliphatic heterocycles. The van der Waals surface area contributed by atoms with Crippen LogP contribution in [0.2, 0.25) is 0 Å². The number of nitrogens with zero attached hydrogens (tertiary/aromatic N) is 2. The molecule has 18 heavy (non-hydrogen) atoms. The normalized spacial score (nSPS) is 11.1. The number of thiophene rings is 1. The summed E-state index contributed by atoms with van der Waals surface area (Å²) >= 11 is 1.63. The standard InChI is InChI=1S/C14H17N3S/c1-14(2,3)7-4-5-8-15-12-11-6-9-18-13(11)17-10-16-12/h6,9-10H,5,8H2,1-3H3,(H,15,16,17). The van der Waals surface area contributed by atoms with Crippen LogP contribution in [0.3, 0.4) is 0 Å². The van der Waals surface area contributed by atoms with Crippen molar-refractivity contribution in [3.05, 3.63) is 17.8 Å². The molecular weight excluding hydrogens is 242 g/mol. The lowest BCUT2D eigenvalue weighted by Gasteiger charge is -2.07. The molecule has 0 saturated carbocycles. The van der Waals surface area contributed by atoms with Gasteiger partial charge in [-0.3, -0.25) is 0 Å². The second-order valence-electron chi connectivity index (χ2n) is 5.09. The monoisotopic (exact) mass is 259 g/mol. The van der Waals surface area contributed by atoms with Gasteiger partial charge in [-0.25, -0.2) is 9.97 Å². The minimum atomic E-state index is 0.0789. The van der Waals surface area contributed by atoms with Gasteiger partial charge in [-0.15, -0.1) is 17.3 Å². The van der Waals surface area contributed by atoms with Crippen LogP contribution in [0, 0.1) is 17.3 Å². The van der Waals surface area contributed by atoms with Gasteiger partial charge >= 0.3 is 0 Å². The summed E-state index contributed by atoms with van der Waals surface area (Å²) in [4.78, 5) is 9.50. The van der Waals surface area contributed by atoms with Gasteiger partial charge in [0, 0.05) is 18.4 Å². The van der Waals surface area contributed by atoms with Crippen LogP contribution in [0.25, 0.3) is 10.2 Å². The van der Waals surface area contributed by atoms with Crippen LogP contribution in [-0.4, -0.2) is 16.5 Å². The lowest BCUT2D eigenvalue weighted by atomic mass is 9.98. The van der Waals surface area contributed by atoms with Crippen molar-refractivity contribution in [1.29, 1.82) is 0 Å². The number of hydrogen-bond acceptors (Lipinski definition) is 4. The van der Waals surface area contributed by atoms with Gasteiger partial charge in [-0.1, -0.05) is 5.92 Å². The lowest BCUT2D eigenvalue weighted by molar-refractivity contribution is 0.570. The van der Waals surface area contributed by atoms with Gasteiger partial charge in [0.15, 0.2) is 0 Å². The summed E-state index contributed by atoms with van der Waals surface area (Å²) in [5, 5.41) is 6.43. The van der Waals surface area contributed by atoms with Crippen LogP contribution >= 0.6 is 11.3 Å². The molecule has 0 bridgehead atoms. The fourth-order valence-corrected chi connectivity index (χ4v) is 2.23.